The largest absolute Gasteiger partial charge is 0.453 e. The summed E-state index contributed by atoms with van der Waals surface area (Å²) < 4.78 is 10.4. The van der Waals surface area contributed by atoms with E-state index in [4.69, 9.17) is 24.4 Å². The van der Waals surface area contributed by atoms with E-state index in [2.05, 4.69) is 112 Å². The van der Waals surface area contributed by atoms with Crippen LogP contribution in [0, 0.1) is 11.8 Å². The third kappa shape index (κ3) is 9.00. The van der Waals surface area contributed by atoms with E-state index < -0.39 is 12.1 Å². The first kappa shape index (κ1) is 45.3. The Morgan fingerprint density at radius 2 is 1.37 bits per heavy atom. The summed E-state index contributed by atoms with van der Waals surface area (Å²) in [5.41, 5.74) is 9.31. The molecule has 3 aromatic carbocycles. The number of aromatic amines is 2. The van der Waals surface area contributed by atoms with E-state index >= 15 is 0 Å². The number of nitrogens with zero attached hydrogens (tertiary/aromatic N) is 7. The monoisotopic (exact) mass is 921 g/mol. The normalized spacial score (nSPS) is 21.5. The van der Waals surface area contributed by atoms with Crippen LogP contribution in [0.2, 0.25) is 0 Å². The summed E-state index contributed by atoms with van der Waals surface area (Å²) >= 11 is 0. The van der Waals surface area contributed by atoms with E-state index in [0.29, 0.717) is 32.1 Å². The average Bonchev–Trinajstić information content (AvgIpc) is 4.22. The minimum absolute atomic E-state index is 0.0414. The molecule has 10 rings (SSSR count). The molecule has 4 aliphatic heterocycles. The van der Waals surface area contributed by atoms with Gasteiger partial charge in [0.15, 0.2) is 0 Å². The number of nitrogens with one attached hydrogen (secondary N) is 3. The van der Waals surface area contributed by atoms with Gasteiger partial charge in [0, 0.05) is 50.0 Å². The fraction of sp³-hybridized carbons (Fsp3) is 0.472. The molecular formula is C53H64N10O5. The number of likely N-dealkylation sites (tertiary alicyclic amines) is 2. The second kappa shape index (κ2) is 19.3. The predicted molar refractivity (Wildman–Crippen MR) is 263 cm³/mol. The molecule has 3 N–H and O–H groups in total. The van der Waals surface area contributed by atoms with Gasteiger partial charge in [-0.15, -0.1) is 0 Å². The molecule has 0 spiro atoms. The standard InChI is InChI=1S/C53H64N10O5/c1-32(2)27-48(64)61-21-7-11-45(61)50-55-39-16-13-35(29-41(39)57-50)43-18-19-44(63(43)38-10-6-9-34(28-38)37-15-20-47(54-31-37)60-23-25-68-26-24-60)36-14-17-40-42(30-36)58-51(56-40)46-12-8-22-62(46)52(65)49(33(3)4)59-53(66)67-5/h6,9-10,13-17,20,28-33,43-46,49H,7-8,11-12,18-19,21-27H2,1-5H3,(H,55,57)(H,56,58)(H,59,66)/t43-,44-,45+,46+,49+/m1/s1. The molecule has 68 heavy (non-hydrogen) atoms. The summed E-state index contributed by atoms with van der Waals surface area (Å²) in [5, 5.41) is 2.76. The smallest absolute Gasteiger partial charge is 0.407 e. The van der Waals surface area contributed by atoms with Gasteiger partial charge in [-0.05, 0) is 116 Å². The third-order valence-corrected chi connectivity index (χ3v) is 14.5. The van der Waals surface area contributed by atoms with Crippen LogP contribution in [0.25, 0.3) is 33.2 Å². The maximum Gasteiger partial charge on any atom is 0.407 e. The van der Waals surface area contributed by atoms with Gasteiger partial charge in [-0.3, -0.25) is 9.59 Å². The van der Waals surface area contributed by atoms with Crippen LogP contribution in [0.3, 0.4) is 0 Å². The number of anilines is 2. The molecule has 6 aromatic rings. The van der Waals surface area contributed by atoms with Crippen LogP contribution < -0.4 is 15.1 Å². The Kier molecular flexibility index (Phi) is 12.8. The van der Waals surface area contributed by atoms with Crippen LogP contribution in [-0.2, 0) is 19.1 Å². The highest BCUT2D eigenvalue weighted by Gasteiger charge is 2.39. The molecule has 15 nitrogen and oxygen atoms in total. The molecule has 15 heteroatoms. The van der Waals surface area contributed by atoms with Crippen molar-refractivity contribution in [2.45, 2.75) is 103 Å². The maximum absolute atomic E-state index is 14.0. The molecule has 0 saturated carbocycles. The quantitative estimate of drug-likeness (QED) is 0.108. The van der Waals surface area contributed by atoms with Crippen molar-refractivity contribution in [3.63, 3.8) is 0 Å². The molecular weight excluding hydrogens is 857 g/mol. The second-order valence-electron chi connectivity index (χ2n) is 19.8. The molecule has 7 heterocycles. The van der Waals surface area contributed by atoms with Crippen molar-refractivity contribution in [1.82, 2.24) is 40.0 Å². The lowest BCUT2D eigenvalue weighted by molar-refractivity contribution is -0.135. The number of morpholine rings is 1. The lowest BCUT2D eigenvalue weighted by Gasteiger charge is -2.33. The highest BCUT2D eigenvalue weighted by atomic mass is 16.5. The van der Waals surface area contributed by atoms with Crippen LogP contribution in [0.5, 0.6) is 0 Å². The molecule has 0 aliphatic carbocycles. The van der Waals surface area contributed by atoms with Crippen LogP contribution >= 0.6 is 0 Å². The number of hydrogen-bond donors (Lipinski definition) is 3. The zero-order valence-corrected chi connectivity index (χ0v) is 39.9. The number of hydrogen-bond acceptors (Lipinski definition) is 10. The number of fused-ring (bicyclic) bond motifs is 2. The number of pyridine rings is 1. The molecule has 0 radical (unpaired) electrons. The van der Waals surface area contributed by atoms with Crippen LogP contribution in [0.1, 0.15) is 120 Å². The number of H-pyrrole nitrogens is 2. The zero-order chi connectivity index (χ0) is 47.1. The Balaban J connectivity index is 0.974. The summed E-state index contributed by atoms with van der Waals surface area (Å²) in [6.07, 6.45) is 7.26. The minimum atomic E-state index is -0.705. The number of rotatable bonds is 12. The molecule has 0 unspecified atom stereocenters. The molecule has 0 bridgehead atoms. The lowest BCUT2D eigenvalue weighted by atomic mass is 10.0. The Bertz CT molecular complexity index is 2780. The summed E-state index contributed by atoms with van der Waals surface area (Å²) in [6, 6.07) is 25.4. The highest BCUT2D eigenvalue weighted by Crippen LogP contribution is 2.48. The first-order valence-corrected chi connectivity index (χ1v) is 24.6. The Hall–Kier alpha value is -6.48. The fourth-order valence-corrected chi connectivity index (χ4v) is 11.0. The van der Waals surface area contributed by atoms with Gasteiger partial charge < -0.3 is 44.4 Å². The first-order chi connectivity index (χ1) is 33.0. The molecule has 3 aromatic heterocycles. The van der Waals surface area contributed by atoms with Gasteiger partial charge in [0.2, 0.25) is 11.8 Å². The second-order valence-corrected chi connectivity index (χ2v) is 19.8. The molecule has 4 fully saturated rings. The Morgan fingerprint density at radius 1 is 0.735 bits per heavy atom. The van der Waals surface area contributed by atoms with Gasteiger partial charge in [0.05, 0.1) is 66.6 Å². The van der Waals surface area contributed by atoms with Crippen molar-refractivity contribution < 1.29 is 23.9 Å². The molecule has 5 atom stereocenters. The third-order valence-electron chi connectivity index (χ3n) is 14.5. The molecule has 4 saturated heterocycles. The number of amides is 3. The number of benzene rings is 3. The van der Waals surface area contributed by atoms with Gasteiger partial charge in [0.1, 0.15) is 23.5 Å². The van der Waals surface area contributed by atoms with Gasteiger partial charge in [-0.2, -0.15) is 0 Å². The lowest BCUT2D eigenvalue weighted by Crippen LogP contribution is -2.51. The number of alkyl carbamates (subject to hydrolysis) is 1. The van der Waals surface area contributed by atoms with Gasteiger partial charge in [-0.1, -0.05) is 52.0 Å². The summed E-state index contributed by atoms with van der Waals surface area (Å²) in [5.74, 6) is 2.84. The van der Waals surface area contributed by atoms with Crippen LogP contribution in [0.4, 0.5) is 16.3 Å². The number of imidazole rings is 2. The van der Waals surface area contributed by atoms with Crippen molar-refractivity contribution >= 4 is 51.5 Å². The van der Waals surface area contributed by atoms with E-state index in [1.807, 2.05) is 29.8 Å². The Morgan fingerprint density at radius 3 is 1.96 bits per heavy atom. The number of methoxy groups -OCH3 is 1. The fourth-order valence-electron chi connectivity index (χ4n) is 11.0. The Labute approximate surface area is 398 Å². The van der Waals surface area contributed by atoms with E-state index in [1.165, 1.54) is 18.2 Å². The van der Waals surface area contributed by atoms with Crippen molar-refractivity contribution in [2.75, 3.05) is 56.3 Å². The van der Waals surface area contributed by atoms with Crippen molar-refractivity contribution in [2.24, 2.45) is 11.8 Å². The van der Waals surface area contributed by atoms with Crippen LogP contribution in [-0.4, -0.2) is 105 Å². The van der Waals surface area contributed by atoms with E-state index in [0.717, 1.165) is 115 Å². The topological polar surface area (TPSA) is 165 Å². The van der Waals surface area contributed by atoms with E-state index in [-0.39, 0.29) is 41.9 Å². The average molecular weight is 921 g/mol. The number of aromatic nitrogens is 5. The van der Waals surface area contributed by atoms with Gasteiger partial charge in [-0.25, -0.2) is 19.7 Å². The SMILES string of the molecule is COC(=O)N[C@H](C(=O)N1CCC[C@H]1c1nc2ccc([C@H]3CC[C@H](c4ccc5nc([C@@H]6CCCN6C(=O)CC(C)C)[nH]c5c4)N3c3cccc(-c4ccc(N5CCOCC5)nc4)c3)cc2[nH]1)C(C)C. The van der Waals surface area contributed by atoms with Crippen LogP contribution in [0.15, 0.2) is 79.0 Å². The number of carbonyl (C=O) groups excluding carboxylic acids is 3. The maximum atomic E-state index is 14.0. The highest BCUT2D eigenvalue weighted by molar-refractivity contribution is 5.87. The van der Waals surface area contributed by atoms with Gasteiger partial charge >= 0.3 is 6.09 Å². The van der Waals surface area contributed by atoms with Crippen molar-refractivity contribution in [3.05, 3.63) is 102 Å². The number of carbonyl (C=O) groups is 3. The zero-order valence-electron chi connectivity index (χ0n) is 39.9. The van der Waals surface area contributed by atoms with Crippen molar-refractivity contribution in [3.8, 4) is 11.1 Å². The molecule has 356 valence electrons. The van der Waals surface area contributed by atoms with E-state index in [9.17, 15) is 14.4 Å². The molecule has 4 aliphatic rings. The summed E-state index contributed by atoms with van der Waals surface area (Å²) in [6.45, 7) is 12.5. The first-order valence-electron chi connectivity index (χ1n) is 24.6. The minimum Gasteiger partial charge on any atom is -0.453 e. The summed E-state index contributed by atoms with van der Waals surface area (Å²) in [7, 11) is 1.31. The summed E-state index contributed by atoms with van der Waals surface area (Å²) in [4.78, 5) is 70.5. The van der Waals surface area contributed by atoms with Crippen molar-refractivity contribution in [1.29, 1.82) is 0 Å². The molecule has 3 amide bonds. The number of ether oxygens (including phenoxy) is 2. The predicted octanol–water partition coefficient (Wildman–Crippen LogP) is 9.17. The van der Waals surface area contributed by atoms with E-state index in [1.54, 1.807) is 0 Å². The van der Waals surface area contributed by atoms with Gasteiger partial charge in [0.25, 0.3) is 0 Å².